The molecule has 4 nitrogen and oxygen atoms in total. The lowest BCUT2D eigenvalue weighted by Gasteiger charge is -2.14. The summed E-state index contributed by atoms with van der Waals surface area (Å²) in [5, 5.41) is 0.555. The van der Waals surface area contributed by atoms with Crippen LogP contribution in [0, 0.1) is 6.92 Å². The van der Waals surface area contributed by atoms with E-state index in [0.29, 0.717) is 22.3 Å². The van der Waals surface area contributed by atoms with Crippen LogP contribution < -0.4 is 9.47 Å². The normalized spacial score (nSPS) is 10.8. The number of aliphatic imine (C=N–C) groups is 1. The third kappa shape index (κ3) is 4.39. The molecule has 2 aromatic rings. The Bertz CT molecular complexity index is 701. The van der Waals surface area contributed by atoms with Crippen LogP contribution in [0.5, 0.6) is 17.2 Å². The molecule has 0 aromatic heterocycles. The van der Waals surface area contributed by atoms with E-state index in [0.717, 1.165) is 17.8 Å². The van der Waals surface area contributed by atoms with Gasteiger partial charge in [-0.25, -0.2) is 4.99 Å². The monoisotopic (exact) mass is 332 g/mol. The maximum Gasteiger partial charge on any atom is 0.169 e. The summed E-state index contributed by atoms with van der Waals surface area (Å²) in [5.41, 5.74) is 1.84. The van der Waals surface area contributed by atoms with Gasteiger partial charge in [0.05, 0.1) is 24.2 Å². The Kier molecular flexibility index (Phi) is 5.88. The van der Waals surface area contributed by atoms with Crippen molar-refractivity contribution >= 4 is 23.6 Å². The summed E-state index contributed by atoms with van der Waals surface area (Å²) in [6.45, 7) is 4.95. The fourth-order valence-corrected chi connectivity index (χ4v) is 2.09. The molecule has 0 heterocycles. The number of methoxy groups -OCH3 is 1. The fourth-order valence-electron chi connectivity index (χ4n) is 1.92. The summed E-state index contributed by atoms with van der Waals surface area (Å²) >= 11 is 6.15. The molecule has 0 fully saturated rings. The molecule has 0 radical (unpaired) electrons. The minimum atomic E-state index is 0.555. The molecule has 0 saturated heterocycles. The minimum Gasteiger partial charge on any atom is -0.493 e. The number of nitrogens with zero attached hydrogens (tertiary/aromatic N) is 2. The van der Waals surface area contributed by atoms with E-state index in [1.807, 2.05) is 49.2 Å². The predicted molar refractivity (Wildman–Crippen MR) is 95.7 cm³/mol. The van der Waals surface area contributed by atoms with E-state index in [1.54, 1.807) is 19.5 Å². The largest absolute Gasteiger partial charge is 0.493 e. The SMILES string of the molecule is CCN(C)C=Nc1cc(OC)c(Oc2ccccc2Cl)cc1C. The van der Waals surface area contributed by atoms with Gasteiger partial charge in [-0.15, -0.1) is 0 Å². The van der Waals surface area contributed by atoms with E-state index in [1.165, 1.54) is 0 Å². The van der Waals surface area contributed by atoms with Crippen LogP contribution in [0.4, 0.5) is 5.69 Å². The van der Waals surface area contributed by atoms with Crippen LogP contribution in [0.15, 0.2) is 41.4 Å². The van der Waals surface area contributed by atoms with E-state index < -0.39 is 0 Å². The Morgan fingerprint density at radius 2 is 1.91 bits per heavy atom. The summed E-state index contributed by atoms with van der Waals surface area (Å²) in [4.78, 5) is 6.49. The first-order valence-corrected chi connectivity index (χ1v) is 7.78. The number of halogens is 1. The maximum atomic E-state index is 6.15. The van der Waals surface area contributed by atoms with Gasteiger partial charge in [0.2, 0.25) is 0 Å². The van der Waals surface area contributed by atoms with E-state index >= 15 is 0 Å². The number of hydrogen-bond acceptors (Lipinski definition) is 3. The molecule has 0 aliphatic heterocycles. The van der Waals surface area contributed by atoms with Crippen LogP contribution in [0.3, 0.4) is 0 Å². The lowest BCUT2D eigenvalue weighted by Crippen LogP contribution is -2.14. The predicted octanol–water partition coefficient (Wildman–Crippen LogP) is 5.06. The van der Waals surface area contributed by atoms with Gasteiger partial charge in [-0.05, 0) is 37.6 Å². The van der Waals surface area contributed by atoms with Crippen LogP contribution in [-0.4, -0.2) is 31.9 Å². The second kappa shape index (κ2) is 7.88. The van der Waals surface area contributed by atoms with Gasteiger partial charge in [-0.2, -0.15) is 0 Å². The Morgan fingerprint density at radius 1 is 1.17 bits per heavy atom. The van der Waals surface area contributed by atoms with Gasteiger partial charge in [0, 0.05) is 19.7 Å². The number of hydrogen-bond donors (Lipinski definition) is 0. The van der Waals surface area contributed by atoms with Crippen molar-refractivity contribution in [3.05, 3.63) is 47.0 Å². The molecule has 2 aromatic carbocycles. The summed E-state index contributed by atoms with van der Waals surface area (Å²) < 4.78 is 11.3. The van der Waals surface area contributed by atoms with E-state index in [4.69, 9.17) is 21.1 Å². The highest BCUT2D eigenvalue weighted by Gasteiger charge is 2.11. The van der Waals surface area contributed by atoms with Gasteiger partial charge in [0.25, 0.3) is 0 Å². The van der Waals surface area contributed by atoms with Crippen LogP contribution in [0.2, 0.25) is 5.02 Å². The van der Waals surface area contributed by atoms with Crippen molar-refractivity contribution < 1.29 is 9.47 Å². The van der Waals surface area contributed by atoms with E-state index in [-0.39, 0.29) is 0 Å². The first-order valence-electron chi connectivity index (χ1n) is 7.40. The first kappa shape index (κ1) is 17.2. The van der Waals surface area contributed by atoms with E-state index in [9.17, 15) is 0 Å². The summed E-state index contributed by atoms with van der Waals surface area (Å²) in [7, 11) is 3.58. The number of aryl methyl sites for hydroxylation is 1. The number of benzene rings is 2. The molecule has 23 heavy (non-hydrogen) atoms. The average molecular weight is 333 g/mol. The molecular weight excluding hydrogens is 312 g/mol. The van der Waals surface area contributed by atoms with Gasteiger partial charge in [-0.1, -0.05) is 23.7 Å². The minimum absolute atomic E-state index is 0.555. The molecule has 0 bridgehead atoms. The van der Waals surface area contributed by atoms with Crippen LogP contribution in [0.25, 0.3) is 0 Å². The molecule has 122 valence electrons. The highest BCUT2D eigenvalue weighted by Crippen LogP contribution is 2.38. The lowest BCUT2D eigenvalue weighted by molar-refractivity contribution is 0.379. The van der Waals surface area contributed by atoms with Crippen molar-refractivity contribution in [3.8, 4) is 17.2 Å². The quantitative estimate of drug-likeness (QED) is 0.547. The summed E-state index contributed by atoms with van der Waals surface area (Å²) in [5.74, 6) is 1.82. The third-order valence-corrected chi connectivity index (χ3v) is 3.74. The Labute approximate surface area is 142 Å². The Morgan fingerprint density at radius 3 is 2.57 bits per heavy atom. The molecule has 0 atom stereocenters. The van der Waals surface area contributed by atoms with E-state index in [2.05, 4.69) is 11.9 Å². The molecule has 0 N–H and O–H groups in total. The van der Waals surface area contributed by atoms with Crippen molar-refractivity contribution in [2.75, 3.05) is 20.7 Å². The molecular formula is C18H21ClN2O2. The van der Waals surface area contributed by atoms with Crippen molar-refractivity contribution in [2.45, 2.75) is 13.8 Å². The third-order valence-electron chi connectivity index (χ3n) is 3.43. The van der Waals surface area contributed by atoms with Crippen LogP contribution >= 0.6 is 11.6 Å². The molecule has 0 aliphatic rings. The van der Waals surface area contributed by atoms with Gasteiger partial charge >= 0.3 is 0 Å². The van der Waals surface area contributed by atoms with Gasteiger partial charge in [0.1, 0.15) is 5.75 Å². The first-order chi connectivity index (χ1) is 11.0. The second-order valence-corrected chi connectivity index (χ2v) is 5.55. The number of para-hydroxylation sites is 1. The zero-order chi connectivity index (χ0) is 16.8. The van der Waals surface area contributed by atoms with Crippen molar-refractivity contribution in [3.63, 3.8) is 0 Å². The summed E-state index contributed by atoms with van der Waals surface area (Å²) in [6, 6.07) is 11.1. The molecule has 5 heteroatoms. The van der Waals surface area contributed by atoms with Gasteiger partial charge in [-0.3, -0.25) is 0 Å². The average Bonchev–Trinajstić information content (AvgIpc) is 2.55. The van der Waals surface area contributed by atoms with Crippen molar-refractivity contribution in [2.24, 2.45) is 4.99 Å². The van der Waals surface area contributed by atoms with Crippen LogP contribution in [-0.2, 0) is 0 Å². The fraction of sp³-hybridized carbons (Fsp3) is 0.278. The standard InChI is InChI=1S/C18H21ClN2O2/c1-5-21(3)12-20-15-11-17(22-4)18(10-13(15)2)23-16-9-7-6-8-14(16)19/h6-12H,5H2,1-4H3. The van der Waals surface area contributed by atoms with Crippen molar-refractivity contribution in [1.82, 2.24) is 4.90 Å². The molecule has 0 spiro atoms. The van der Waals surface area contributed by atoms with Gasteiger partial charge in [0.15, 0.2) is 11.5 Å². The topological polar surface area (TPSA) is 34.1 Å². The Hall–Kier alpha value is -2.20. The smallest absolute Gasteiger partial charge is 0.169 e. The lowest BCUT2D eigenvalue weighted by atomic mass is 10.2. The highest BCUT2D eigenvalue weighted by atomic mass is 35.5. The molecule has 0 aliphatic carbocycles. The Balaban J connectivity index is 2.33. The molecule has 0 amide bonds. The second-order valence-electron chi connectivity index (χ2n) is 5.14. The van der Waals surface area contributed by atoms with Gasteiger partial charge < -0.3 is 14.4 Å². The highest BCUT2D eigenvalue weighted by molar-refractivity contribution is 6.32. The maximum absolute atomic E-state index is 6.15. The molecule has 0 saturated carbocycles. The summed E-state index contributed by atoms with van der Waals surface area (Å²) in [6.07, 6.45) is 1.80. The number of ether oxygens (including phenoxy) is 2. The zero-order valence-corrected chi connectivity index (χ0v) is 14.6. The number of rotatable bonds is 6. The zero-order valence-electron chi connectivity index (χ0n) is 13.8. The molecule has 2 rings (SSSR count). The molecule has 0 unspecified atom stereocenters. The van der Waals surface area contributed by atoms with Crippen molar-refractivity contribution in [1.29, 1.82) is 0 Å². The van der Waals surface area contributed by atoms with Crippen LogP contribution in [0.1, 0.15) is 12.5 Å².